The fraction of sp³-hybridized carbons (Fsp3) is 0.182. The Balaban J connectivity index is 0.00000150. The topological polar surface area (TPSA) is 100 Å². The van der Waals surface area contributed by atoms with Crippen LogP contribution in [0.4, 0.5) is 0 Å². The zero-order valence-electron chi connectivity index (χ0n) is 17.3. The number of nitrogens with zero attached hydrogens (tertiary/aromatic N) is 1. The van der Waals surface area contributed by atoms with Crippen LogP contribution in [0, 0.1) is 0 Å². The van der Waals surface area contributed by atoms with Crippen LogP contribution in [0.15, 0.2) is 67.0 Å². The summed E-state index contributed by atoms with van der Waals surface area (Å²) < 4.78 is 12.4. The van der Waals surface area contributed by atoms with Crippen molar-refractivity contribution in [3.05, 3.63) is 94.8 Å². The number of pyridine rings is 1. The molecule has 4 rings (SSSR count). The van der Waals surface area contributed by atoms with E-state index >= 15 is 0 Å². The summed E-state index contributed by atoms with van der Waals surface area (Å²) >= 11 is 0. The van der Waals surface area contributed by atoms with Gasteiger partial charge in [-0.2, -0.15) is 0 Å². The predicted octanol–water partition coefficient (Wildman–Crippen LogP) is 0.831. The monoisotopic (exact) mass is 403 g/mol. The van der Waals surface area contributed by atoms with Crippen LogP contribution in [-0.2, 0) is 11.3 Å². The second kappa shape index (κ2) is 10.0. The van der Waals surface area contributed by atoms with E-state index in [0.29, 0.717) is 12.4 Å². The molecule has 2 unspecified atom stereocenters. The average molecular weight is 403 g/mol. The maximum atomic E-state index is 11.5. The SMILES string of the molecule is CC(OC1c2ccccc2COc2ccc(C(=O)O)cc21)c1cccnc1.O.[H-].[Na+]. The maximum absolute atomic E-state index is 11.5. The van der Waals surface area contributed by atoms with Gasteiger partial charge >= 0.3 is 35.5 Å². The molecule has 0 spiro atoms. The molecule has 2 atom stereocenters. The number of hydrogen-bond acceptors (Lipinski definition) is 4. The van der Waals surface area contributed by atoms with Crippen LogP contribution < -0.4 is 34.3 Å². The van der Waals surface area contributed by atoms with Crippen molar-refractivity contribution >= 4 is 5.97 Å². The van der Waals surface area contributed by atoms with Crippen LogP contribution in [0.5, 0.6) is 5.75 Å². The molecule has 0 aliphatic carbocycles. The Labute approximate surface area is 192 Å². The number of ether oxygens (including phenoxy) is 2. The summed E-state index contributed by atoms with van der Waals surface area (Å²) in [5, 5.41) is 9.41. The Kier molecular flexibility index (Phi) is 7.96. The molecular formula is C22H22NNaO5. The van der Waals surface area contributed by atoms with E-state index in [4.69, 9.17) is 9.47 Å². The standard InChI is InChI=1S/C22H19NO4.Na.H2O.H/c1-14(16-6-4-10-23-12-16)27-21-18-7-3-2-5-17(18)13-26-20-9-8-15(22(24)25)11-19(20)21;;;/h2-12,14,21H,13H2,1H3,(H,24,25);;1H2;/q;+1;;-1. The van der Waals surface area contributed by atoms with Crippen molar-refractivity contribution in [2.45, 2.75) is 25.7 Å². The van der Waals surface area contributed by atoms with Gasteiger partial charge in [-0.3, -0.25) is 4.98 Å². The summed E-state index contributed by atoms with van der Waals surface area (Å²) in [7, 11) is 0. The molecule has 146 valence electrons. The van der Waals surface area contributed by atoms with E-state index in [-0.39, 0.29) is 48.1 Å². The second-order valence-electron chi connectivity index (χ2n) is 6.49. The van der Waals surface area contributed by atoms with E-state index in [0.717, 1.165) is 22.3 Å². The Hall–Kier alpha value is -2.22. The van der Waals surface area contributed by atoms with E-state index in [1.807, 2.05) is 43.3 Å². The van der Waals surface area contributed by atoms with Crippen LogP contribution in [0.25, 0.3) is 0 Å². The summed E-state index contributed by atoms with van der Waals surface area (Å²) in [6.45, 7) is 2.38. The first-order chi connectivity index (χ1) is 13.1. The molecule has 0 saturated heterocycles. The Morgan fingerprint density at radius 3 is 2.72 bits per heavy atom. The van der Waals surface area contributed by atoms with Crippen molar-refractivity contribution in [2.24, 2.45) is 0 Å². The Morgan fingerprint density at radius 1 is 1.21 bits per heavy atom. The summed E-state index contributed by atoms with van der Waals surface area (Å²) in [6.07, 6.45) is 2.84. The quantitative estimate of drug-likeness (QED) is 0.651. The maximum Gasteiger partial charge on any atom is 1.00 e. The molecule has 29 heavy (non-hydrogen) atoms. The molecule has 0 saturated carbocycles. The van der Waals surface area contributed by atoms with Crippen LogP contribution in [0.3, 0.4) is 0 Å². The number of hydrogen-bond donors (Lipinski definition) is 1. The van der Waals surface area contributed by atoms with Gasteiger partial charge in [0, 0.05) is 18.0 Å². The molecule has 0 radical (unpaired) electrons. The van der Waals surface area contributed by atoms with E-state index in [1.165, 1.54) is 0 Å². The number of rotatable bonds is 4. The Bertz CT molecular complexity index is 986. The van der Waals surface area contributed by atoms with Gasteiger partial charge in [0.2, 0.25) is 0 Å². The molecule has 0 bridgehead atoms. The molecule has 1 aliphatic rings. The van der Waals surface area contributed by atoms with E-state index in [9.17, 15) is 9.90 Å². The molecule has 1 aromatic heterocycles. The summed E-state index contributed by atoms with van der Waals surface area (Å²) in [5.41, 5.74) is 3.88. The molecule has 6 nitrogen and oxygen atoms in total. The molecular weight excluding hydrogens is 381 g/mol. The minimum absolute atomic E-state index is 0. The summed E-state index contributed by atoms with van der Waals surface area (Å²) in [5.74, 6) is -0.339. The molecule has 2 heterocycles. The van der Waals surface area contributed by atoms with E-state index in [2.05, 4.69) is 4.98 Å². The van der Waals surface area contributed by atoms with Crippen molar-refractivity contribution in [1.82, 2.24) is 4.98 Å². The predicted molar refractivity (Wildman–Crippen MR) is 104 cm³/mol. The van der Waals surface area contributed by atoms with Gasteiger partial charge < -0.3 is 21.5 Å². The first kappa shape index (κ1) is 23.1. The largest absolute Gasteiger partial charge is 1.00 e. The number of carboxylic acids is 1. The van der Waals surface area contributed by atoms with Crippen molar-refractivity contribution < 1.29 is 55.8 Å². The van der Waals surface area contributed by atoms with Gasteiger partial charge in [-0.25, -0.2) is 4.79 Å². The van der Waals surface area contributed by atoms with Crippen LogP contribution in [-0.4, -0.2) is 21.5 Å². The molecule has 0 fully saturated rings. The van der Waals surface area contributed by atoms with Crippen LogP contribution in [0.1, 0.15) is 53.2 Å². The number of aromatic carboxylic acids is 1. The molecule has 3 N–H and O–H groups in total. The minimum Gasteiger partial charge on any atom is -1.00 e. The third-order valence-corrected chi connectivity index (χ3v) is 4.75. The molecule has 1 aliphatic heterocycles. The van der Waals surface area contributed by atoms with Crippen LogP contribution in [0.2, 0.25) is 0 Å². The van der Waals surface area contributed by atoms with E-state index in [1.54, 1.807) is 30.6 Å². The van der Waals surface area contributed by atoms with Crippen molar-refractivity contribution in [2.75, 3.05) is 0 Å². The third-order valence-electron chi connectivity index (χ3n) is 4.75. The number of benzene rings is 2. The average Bonchev–Trinajstić information content (AvgIpc) is 2.85. The normalized spacial score (nSPS) is 15.3. The van der Waals surface area contributed by atoms with Gasteiger partial charge in [-0.1, -0.05) is 30.3 Å². The first-order valence-electron chi connectivity index (χ1n) is 8.76. The second-order valence-corrected chi connectivity index (χ2v) is 6.49. The number of carbonyl (C=O) groups is 1. The van der Waals surface area contributed by atoms with Gasteiger partial charge in [0.25, 0.3) is 0 Å². The van der Waals surface area contributed by atoms with Gasteiger partial charge in [-0.05, 0) is 47.9 Å². The van der Waals surface area contributed by atoms with Crippen molar-refractivity contribution in [3.8, 4) is 5.75 Å². The zero-order valence-corrected chi connectivity index (χ0v) is 18.3. The van der Waals surface area contributed by atoms with Gasteiger partial charge in [-0.15, -0.1) is 0 Å². The Morgan fingerprint density at radius 2 is 2.00 bits per heavy atom. The number of fused-ring (bicyclic) bond motifs is 2. The smallest absolute Gasteiger partial charge is 1.00 e. The van der Waals surface area contributed by atoms with Gasteiger partial charge in [0.15, 0.2) is 0 Å². The van der Waals surface area contributed by atoms with Crippen LogP contribution >= 0.6 is 0 Å². The fourth-order valence-corrected chi connectivity index (χ4v) is 3.31. The third kappa shape index (κ3) is 4.86. The van der Waals surface area contributed by atoms with Crippen molar-refractivity contribution in [1.29, 1.82) is 0 Å². The molecule has 7 heteroatoms. The minimum atomic E-state index is -0.977. The van der Waals surface area contributed by atoms with Gasteiger partial charge in [0.05, 0.1) is 11.7 Å². The number of aromatic nitrogens is 1. The molecule has 2 aromatic carbocycles. The molecule has 0 amide bonds. The summed E-state index contributed by atoms with van der Waals surface area (Å²) in [4.78, 5) is 15.6. The van der Waals surface area contributed by atoms with E-state index < -0.39 is 12.1 Å². The number of carboxylic acid groups (broad SMARTS) is 1. The first-order valence-corrected chi connectivity index (χ1v) is 8.76. The molecule has 3 aromatic rings. The van der Waals surface area contributed by atoms with Gasteiger partial charge in [0.1, 0.15) is 18.5 Å². The fourth-order valence-electron chi connectivity index (χ4n) is 3.31. The summed E-state index contributed by atoms with van der Waals surface area (Å²) in [6, 6.07) is 16.7. The van der Waals surface area contributed by atoms with Crippen molar-refractivity contribution in [3.63, 3.8) is 0 Å². The zero-order chi connectivity index (χ0) is 18.8.